The Bertz CT molecular complexity index is 800. The molecular weight excluding hydrogens is 335 g/mol. The van der Waals surface area contributed by atoms with Crippen molar-refractivity contribution in [1.82, 2.24) is 0 Å². The summed E-state index contributed by atoms with van der Waals surface area (Å²) in [6.07, 6.45) is 0. The molecule has 19 heavy (non-hydrogen) atoms. The Hall–Kier alpha value is -1.28. The van der Waals surface area contributed by atoms with Gasteiger partial charge in [-0.2, -0.15) is 0 Å². The molecule has 0 spiro atoms. The van der Waals surface area contributed by atoms with E-state index in [1.165, 1.54) is 21.9 Å². The molecule has 1 aliphatic rings. The monoisotopic (exact) mass is 352 g/mol. The van der Waals surface area contributed by atoms with Crippen LogP contribution in [0.3, 0.4) is 0 Å². The fourth-order valence-electron chi connectivity index (χ4n) is 3.39. The molecule has 0 nitrogen and oxygen atoms in total. The Kier molecular flexibility index (Phi) is 2.34. The number of rotatable bonds is 0. The van der Waals surface area contributed by atoms with Gasteiger partial charge in [0.1, 0.15) is 0 Å². The number of benzene rings is 3. The number of fused-ring (bicyclic) bond motifs is 4. The quantitative estimate of drug-likeness (QED) is 0.543. The first-order valence-electron chi connectivity index (χ1n) is 6.81. The van der Waals surface area contributed by atoms with E-state index in [0.29, 0.717) is 0 Å². The molecule has 3 aromatic rings. The van der Waals surface area contributed by atoms with Gasteiger partial charge in [-0.3, -0.25) is 0 Å². The molecule has 1 aliphatic heterocycles. The molecule has 92 valence electrons. The van der Waals surface area contributed by atoms with E-state index in [-0.39, 0.29) is 0 Å². The molecule has 0 radical (unpaired) electrons. The minimum absolute atomic E-state index is 1.36. The van der Waals surface area contributed by atoms with Crippen molar-refractivity contribution in [2.24, 2.45) is 0 Å². The zero-order valence-electron chi connectivity index (χ0n) is 11.3. The Balaban J connectivity index is 2.15. The third kappa shape index (κ3) is 1.53. The van der Waals surface area contributed by atoms with Crippen LogP contribution >= 0.6 is 0 Å². The molecule has 0 aromatic heterocycles. The number of hydrogen-bond acceptors (Lipinski definition) is 0. The van der Waals surface area contributed by atoms with Gasteiger partial charge in [0, 0.05) is 0 Å². The van der Waals surface area contributed by atoms with Crippen molar-refractivity contribution in [3.05, 3.63) is 60.7 Å². The zero-order chi connectivity index (χ0) is 13.0. The topological polar surface area (TPSA) is 0 Å². The summed E-state index contributed by atoms with van der Waals surface area (Å²) in [6.45, 7) is 0. The summed E-state index contributed by atoms with van der Waals surface area (Å²) in [5.41, 5.74) is 2.99. The molecule has 3 aromatic carbocycles. The van der Waals surface area contributed by atoms with Crippen LogP contribution in [0.2, 0.25) is 9.88 Å². The van der Waals surface area contributed by atoms with Crippen LogP contribution in [0.25, 0.3) is 21.9 Å². The van der Waals surface area contributed by atoms with E-state index in [1.54, 1.807) is 7.16 Å². The van der Waals surface area contributed by atoms with Gasteiger partial charge in [-0.05, 0) is 0 Å². The van der Waals surface area contributed by atoms with Crippen molar-refractivity contribution in [2.45, 2.75) is 9.88 Å². The van der Waals surface area contributed by atoms with E-state index in [4.69, 9.17) is 0 Å². The summed E-state index contributed by atoms with van der Waals surface area (Å²) in [5, 5.41) is 2.75. The standard InChI is InChI=1S/C16H10.2CH3.Sn/c1-2-6-13(7-3-1)16-11-10-14-8-4-5-9-15(14)12-16;;;/h1-6,8-10,12H;2*1H3;. The summed E-state index contributed by atoms with van der Waals surface area (Å²) in [7, 11) is 0. The van der Waals surface area contributed by atoms with E-state index in [0.717, 1.165) is 0 Å². The minimum atomic E-state index is -2.32. The van der Waals surface area contributed by atoms with Crippen LogP contribution in [0.4, 0.5) is 0 Å². The maximum atomic E-state index is 2.54. The fraction of sp³-hybridized carbons (Fsp3) is 0.111. The molecule has 0 unspecified atom stereocenters. The molecule has 1 heterocycles. The Morgan fingerprint density at radius 2 is 1.26 bits per heavy atom. The summed E-state index contributed by atoms with van der Waals surface area (Å²) in [5.74, 6) is 0. The van der Waals surface area contributed by atoms with Crippen molar-refractivity contribution in [2.75, 3.05) is 0 Å². The van der Waals surface area contributed by atoms with Gasteiger partial charge < -0.3 is 0 Å². The first kappa shape index (κ1) is 11.5. The molecule has 0 fully saturated rings. The third-order valence-corrected chi connectivity index (χ3v) is 14.6. The molecule has 0 atom stereocenters. The van der Waals surface area contributed by atoms with Crippen LogP contribution in [0.1, 0.15) is 0 Å². The van der Waals surface area contributed by atoms with Crippen molar-refractivity contribution in [3.8, 4) is 11.1 Å². The Labute approximate surface area is 118 Å². The SMILES string of the molecule is [CH3][Sn]1([CH3])[c]2ccccc2-c2cc3ccccc3c[c]21. The van der Waals surface area contributed by atoms with Crippen LogP contribution in [0.5, 0.6) is 0 Å². The zero-order valence-corrected chi connectivity index (χ0v) is 14.1. The fourth-order valence-corrected chi connectivity index (χ4v) is 12.2. The molecule has 0 saturated heterocycles. The van der Waals surface area contributed by atoms with E-state index in [1.807, 2.05) is 0 Å². The first-order chi connectivity index (χ1) is 9.18. The Morgan fingerprint density at radius 3 is 2.05 bits per heavy atom. The van der Waals surface area contributed by atoms with Gasteiger partial charge in [0.05, 0.1) is 0 Å². The van der Waals surface area contributed by atoms with E-state index in [2.05, 4.69) is 70.5 Å². The van der Waals surface area contributed by atoms with Gasteiger partial charge in [0.2, 0.25) is 0 Å². The molecule has 0 aliphatic carbocycles. The van der Waals surface area contributed by atoms with Crippen LogP contribution in [-0.2, 0) is 0 Å². The second-order valence-corrected chi connectivity index (χ2v) is 18.3. The van der Waals surface area contributed by atoms with Crippen molar-refractivity contribution in [1.29, 1.82) is 0 Å². The molecule has 4 rings (SSSR count). The molecule has 0 N–H and O–H groups in total. The molecule has 0 amide bonds. The van der Waals surface area contributed by atoms with Crippen LogP contribution in [0, 0.1) is 0 Å². The van der Waals surface area contributed by atoms with Crippen LogP contribution < -0.4 is 7.16 Å². The van der Waals surface area contributed by atoms with E-state index >= 15 is 0 Å². The average molecular weight is 351 g/mol. The molecular formula is C18H16Sn. The maximum absolute atomic E-state index is 2.54. The predicted octanol–water partition coefficient (Wildman–Crippen LogP) is 3.64. The van der Waals surface area contributed by atoms with E-state index in [9.17, 15) is 0 Å². The second kappa shape index (κ2) is 3.86. The molecule has 0 saturated carbocycles. The summed E-state index contributed by atoms with van der Waals surface area (Å²) >= 11 is -2.32. The van der Waals surface area contributed by atoms with Gasteiger partial charge in [0.15, 0.2) is 0 Å². The van der Waals surface area contributed by atoms with Gasteiger partial charge in [-0.1, -0.05) is 0 Å². The van der Waals surface area contributed by atoms with Crippen LogP contribution in [0.15, 0.2) is 60.7 Å². The first-order valence-corrected chi connectivity index (χ1v) is 15.4. The van der Waals surface area contributed by atoms with Gasteiger partial charge in [-0.25, -0.2) is 0 Å². The van der Waals surface area contributed by atoms with Crippen molar-refractivity contribution >= 4 is 36.3 Å². The Morgan fingerprint density at radius 1 is 0.632 bits per heavy atom. The number of hydrogen-bond donors (Lipinski definition) is 0. The van der Waals surface area contributed by atoms with Crippen molar-refractivity contribution in [3.63, 3.8) is 0 Å². The van der Waals surface area contributed by atoms with Gasteiger partial charge >= 0.3 is 118 Å². The molecule has 0 bridgehead atoms. The third-order valence-electron chi connectivity index (χ3n) is 4.45. The normalized spacial score (nSPS) is 15.3. The summed E-state index contributed by atoms with van der Waals surface area (Å²) < 4.78 is 3.32. The van der Waals surface area contributed by atoms with Gasteiger partial charge in [0.25, 0.3) is 0 Å². The molecule has 1 heteroatoms. The summed E-state index contributed by atoms with van der Waals surface area (Å²) in [4.78, 5) is 5.07. The van der Waals surface area contributed by atoms with Crippen LogP contribution in [-0.4, -0.2) is 18.4 Å². The van der Waals surface area contributed by atoms with Crippen molar-refractivity contribution < 1.29 is 0 Å². The summed E-state index contributed by atoms with van der Waals surface area (Å²) in [6, 6.07) is 22.6. The second-order valence-electron chi connectivity index (χ2n) is 5.92. The van der Waals surface area contributed by atoms with Gasteiger partial charge in [-0.15, -0.1) is 0 Å². The average Bonchev–Trinajstić information content (AvgIpc) is 2.66. The predicted molar refractivity (Wildman–Crippen MR) is 86.1 cm³/mol. The van der Waals surface area contributed by atoms with E-state index < -0.39 is 18.4 Å².